The minimum absolute atomic E-state index is 0.0165. The van der Waals surface area contributed by atoms with Crippen LogP contribution in [0.25, 0.3) is 0 Å². The average molecular weight is 402 g/mol. The molecule has 0 aliphatic carbocycles. The summed E-state index contributed by atoms with van der Waals surface area (Å²) in [6.45, 7) is 2.04. The van der Waals surface area contributed by atoms with Gasteiger partial charge in [-0.2, -0.15) is 0 Å². The molecular weight excluding hydrogens is 378 g/mol. The maximum atomic E-state index is 13.9. The summed E-state index contributed by atoms with van der Waals surface area (Å²) in [4.78, 5) is 22.2. The van der Waals surface area contributed by atoms with Gasteiger partial charge >= 0.3 is 0 Å². The predicted octanol–water partition coefficient (Wildman–Crippen LogP) is 1.53. The fourth-order valence-corrected chi connectivity index (χ4v) is 3.17. The molecule has 29 heavy (non-hydrogen) atoms. The van der Waals surface area contributed by atoms with E-state index in [1.165, 1.54) is 24.3 Å². The van der Waals surface area contributed by atoms with E-state index in [-0.39, 0.29) is 17.4 Å². The van der Waals surface area contributed by atoms with Crippen molar-refractivity contribution in [2.45, 2.75) is 12.5 Å². The summed E-state index contributed by atoms with van der Waals surface area (Å²) in [5, 5.41) is 9.06. The highest BCUT2D eigenvalue weighted by molar-refractivity contribution is 5.94. The molecule has 2 heterocycles. The molecule has 0 saturated carbocycles. The van der Waals surface area contributed by atoms with E-state index in [0.717, 1.165) is 6.42 Å². The third-order valence-corrected chi connectivity index (χ3v) is 4.61. The molecule has 1 unspecified atom stereocenters. The molecule has 2 aromatic rings. The van der Waals surface area contributed by atoms with Gasteiger partial charge in [0.05, 0.1) is 5.56 Å². The van der Waals surface area contributed by atoms with Gasteiger partial charge in [0, 0.05) is 45.5 Å². The van der Waals surface area contributed by atoms with Crippen LogP contribution in [0.3, 0.4) is 0 Å². The van der Waals surface area contributed by atoms with Crippen LogP contribution in [0.5, 0.6) is 0 Å². The topological polar surface area (TPSA) is 81.6 Å². The number of hydrogen-bond donors (Lipinski definition) is 3. The molecule has 0 radical (unpaired) electrons. The summed E-state index contributed by atoms with van der Waals surface area (Å²) < 4.78 is 27.5. The summed E-state index contributed by atoms with van der Waals surface area (Å²) in [6.07, 6.45) is 2.40. The number of halogens is 2. The van der Waals surface area contributed by atoms with Gasteiger partial charge < -0.3 is 20.9 Å². The first-order chi connectivity index (χ1) is 14.1. The molecule has 1 fully saturated rings. The standard InChI is InChI=1S/C20H24F2N6O/c1-23-20(26-11-10-25-19(29)15-5-2-3-6-16(15)21)27-14-8-12-28(13-14)18-17(22)7-4-9-24-18/h2-7,9,14H,8,10-13H2,1H3,(H,25,29)(H2,23,26,27). The minimum atomic E-state index is -0.550. The lowest BCUT2D eigenvalue weighted by atomic mass is 10.2. The number of aromatic nitrogens is 1. The van der Waals surface area contributed by atoms with Crippen molar-refractivity contribution in [1.82, 2.24) is 20.9 Å². The van der Waals surface area contributed by atoms with Gasteiger partial charge in [0.15, 0.2) is 17.6 Å². The average Bonchev–Trinajstić information content (AvgIpc) is 3.19. The number of carbonyl (C=O) groups is 1. The molecule has 1 atom stereocenters. The smallest absolute Gasteiger partial charge is 0.254 e. The van der Waals surface area contributed by atoms with Crippen LogP contribution in [0, 0.1) is 11.6 Å². The van der Waals surface area contributed by atoms with E-state index in [0.29, 0.717) is 38.0 Å². The number of nitrogens with zero attached hydrogens (tertiary/aromatic N) is 3. The molecule has 1 aromatic heterocycles. The van der Waals surface area contributed by atoms with E-state index in [1.54, 1.807) is 25.4 Å². The van der Waals surface area contributed by atoms with Crippen molar-refractivity contribution in [3.05, 3.63) is 59.8 Å². The van der Waals surface area contributed by atoms with Crippen LogP contribution in [0.15, 0.2) is 47.6 Å². The lowest BCUT2D eigenvalue weighted by molar-refractivity contribution is 0.0950. The maximum Gasteiger partial charge on any atom is 0.254 e. The Bertz CT molecular complexity index is 876. The summed E-state index contributed by atoms with van der Waals surface area (Å²) >= 11 is 0. The molecule has 0 spiro atoms. The van der Waals surface area contributed by atoms with Gasteiger partial charge in [-0.15, -0.1) is 0 Å². The van der Waals surface area contributed by atoms with Gasteiger partial charge in [0.25, 0.3) is 5.91 Å². The minimum Gasteiger partial charge on any atom is -0.355 e. The van der Waals surface area contributed by atoms with Crippen molar-refractivity contribution >= 4 is 17.7 Å². The first-order valence-electron chi connectivity index (χ1n) is 9.44. The Morgan fingerprint density at radius 2 is 1.93 bits per heavy atom. The Kier molecular flexibility index (Phi) is 6.94. The number of rotatable bonds is 6. The van der Waals surface area contributed by atoms with Gasteiger partial charge in [0.1, 0.15) is 5.82 Å². The lowest BCUT2D eigenvalue weighted by Gasteiger charge is -2.20. The monoisotopic (exact) mass is 402 g/mol. The fourth-order valence-electron chi connectivity index (χ4n) is 3.17. The van der Waals surface area contributed by atoms with E-state index in [9.17, 15) is 13.6 Å². The first kappa shape index (κ1) is 20.5. The summed E-state index contributed by atoms with van der Waals surface area (Å²) in [5.74, 6) is -0.405. The summed E-state index contributed by atoms with van der Waals surface area (Å²) in [6, 6.07) is 8.91. The van der Waals surface area contributed by atoms with E-state index in [4.69, 9.17) is 0 Å². The van der Waals surface area contributed by atoms with Crippen LogP contribution >= 0.6 is 0 Å². The van der Waals surface area contributed by atoms with Crippen LogP contribution in [-0.2, 0) is 0 Å². The fraction of sp³-hybridized carbons (Fsp3) is 0.350. The molecule has 3 N–H and O–H groups in total. The van der Waals surface area contributed by atoms with E-state index in [2.05, 4.69) is 25.9 Å². The van der Waals surface area contributed by atoms with Crippen molar-refractivity contribution in [1.29, 1.82) is 0 Å². The van der Waals surface area contributed by atoms with Crippen molar-refractivity contribution in [2.75, 3.05) is 38.1 Å². The molecule has 1 aliphatic heterocycles. The molecule has 9 heteroatoms. The number of carbonyl (C=O) groups excluding carboxylic acids is 1. The molecule has 154 valence electrons. The Morgan fingerprint density at radius 3 is 2.69 bits per heavy atom. The molecule has 0 bridgehead atoms. The van der Waals surface area contributed by atoms with Crippen molar-refractivity contribution < 1.29 is 13.6 Å². The van der Waals surface area contributed by atoms with Crippen LogP contribution < -0.4 is 20.9 Å². The molecule has 7 nitrogen and oxygen atoms in total. The number of benzene rings is 1. The summed E-state index contributed by atoms with van der Waals surface area (Å²) in [5.41, 5.74) is 0.0165. The van der Waals surface area contributed by atoms with E-state index < -0.39 is 11.7 Å². The Balaban J connectivity index is 1.42. The Morgan fingerprint density at radius 1 is 1.17 bits per heavy atom. The number of amides is 1. The number of hydrogen-bond acceptors (Lipinski definition) is 4. The number of nitrogens with one attached hydrogen (secondary N) is 3. The second-order valence-corrected chi connectivity index (χ2v) is 6.62. The number of guanidine groups is 1. The molecule has 1 aromatic carbocycles. The zero-order valence-electron chi connectivity index (χ0n) is 16.2. The van der Waals surface area contributed by atoms with Crippen molar-refractivity contribution in [2.24, 2.45) is 4.99 Å². The molecule has 1 aliphatic rings. The number of aliphatic imine (C=N–C) groups is 1. The Labute approximate surface area is 168 Å². The zero-order valence-corrected chi connectivity index (χ0v) is 16.2. The quantitative estimate of drug-likeness (QED) is 0.388. The molecule has 1 saturated heterocycles. The van der Waals surface area contributed by atoms with Crippen molar-refractivity contribution in [3.8, 4) is 0 Å². The first-order valence-corrected chi connectivity index (χ1v) is 9.44. The van der Waals surface area contributed by atoms with Gasteiger partial charge in [-0.3, -0.25) is 9.79 Å². The number of anilines is 1. The third kappa shape index (κ3) is 5.40. The molecule has 1 amide bonds. The van der Waals surface area contributed by atoms with E-state index in [1.807, 2.05) is 4.90 Å². The van der Waals surface area contributed by atoms with Crippen LogP contribution in [-0.4, -0.2) is 56.1 Å². The highest BCUT2D eigenvalue weighted by atomic mass is 19.1. The highest BCUT2D eigenvalue weighted by Crippen LogP contribution is 2.20. The third-order valence-electron chi connectivity index (χ3n) is 4.61. The largest absolute Gasteiger partial charge is 0.355 e. The lowest BCUT2D eigenvalue weighted by Crippen LogP contribution is -2.46. The van der Waals surface area contributed by atoms with Crippen LogP contribution in [0.4, 0.5) is 14.6 Å². The van der Waals surface area contributed by atoms with Gasteiger partial charge in [-0.1, -0.05) is 12.1 Å². The number of pyridine rings is 1. The van der Waals surface area contributed by atoms with Crippen LogP contribution in [0.1, 0.15) is 16.8 Å². The summed E-state index contributed by atoms with van der Waals surface area (Å²) in [7, 11) is 1.65. The Hall–Kier alpha value is -3.23. The zero-order chi connectivity index (χ0) is 20.6. The second-order valence-electron chi connectivity index (χ2n) is 6.62. The molecular formula is C20H24F2N6O. The van der Waals surface area contributed by atoms with E-state index >= 15 is 0 Å². The van der Waals surface area contributed by atoms with Gasteiger partial charge in [-0.25, -0.2) is 13.8 Å². The van der Waals surface area contributed by atoms with Crippen molar-refractivity contribution in [3.63, 3.8) is 0 Å². The highest BCUT2D eigenvalue weighted by Gasteiger charge is 2.25. The maximum absolute atomic E-state index is 13.9. The molecule has 3 rings (SSSR count). The van der Waals surface area contributed by atoms with Crippen LogP contribution in [0.2, 0.25) is 0 Å². The second kappa shape index (κ2) is 9.81. The van der Waals surface area contributed by atoms with Gasteiger partial charge in [-0.05, 0) is 30.7 Å². The predicted molar refractivity (Wildman–Crippen MR) is 108 cm³/mol. The normalized spacial score (nSPS) is 16.6. The SMILES string of the molecule is CN=C(NCCNC(=O)c1ccccc1F)NC1CCN(c2ncccc2F)C1. The van der Waals surface area contributed by atoms with Gasteiger partial charge in [0.2, 0.25) is 0 Å².